The lowest BCUT2D eigenvalue weighted by molar-refractivity contribution is -0.137. The van der Waals surface area contributed by atoms with Crippen LogP contribution in [0.25, 0.3) is 11.1 Å². The summed E-state index contributed by atoms with van der Waals surface area (Å²) in [7, 11) is 0. The lowest BCUT2D eigenvalue weighted by atomic mass is 9.93. The first kappa shape index (κ1) is 24.7. The van der Waals surface area contributed by atoms with Gasteiger partial charge in [0, 0.05) is 30.0 Å². The molecular weight excluding hydrogens is 475 g/mol. The highest BCUT2D eigenvalue weighted by Crippen LogP contribution is 2.34. The van der Waals surface area contributed by atoms with Crippen LogP contribution in [-0.4, -0.2) is 16.9 Å². The minimum Gasteiger partial charge on any atom is -0.322 e. The van der Waals surface area contributed by atoms with Crippen LogP contribution in [0.3, 0.4) is 0 Å². The standard InChI is InChI=1S/C30H26F3N3O/c1-19-5-4-7-27(28(19)20-8-11-23(12-9-20)30(31,32)33)29(37)36-24-13-10-21-15-26(17-22(21)16-24)35-18-25-6-2-3-14-34-25/h2-14,16,26,35H,15,17-18H2,1H3,(H,36,37)/t26-/m0/s1. The fourth-order valence-corrected chi connectivity index (χ4v) is 4.86. The average Bonchev–Trinajstić information content (AvgIpc) is 3.30. The number of hydrogen-bond acceptors (Lipinski definition) is 3. The van der Waals surface area contributed by atoms with Gasteiger partial charge in [0.25, 0.3) is 5.91 Å². The van der Waals surface area contributed by atoms with E-state index in [0.29, 0.717) is 35.0 Å². The molecule has 4 nitrogen and oxygen atoms in total. The number of halogens is 3. The summed E-state index contributed by atoms with van der Waals surface area (Å²) >= 11 is 0. The number of nitrogens with one attached hydrogen (secondary N) is 2. The highest BCUT2D eigenvalue weighted by molar-refractivity contribution is 6.09. The SMILES string of the molecule is Cc1cccc(C(=O)Nc2ccc3c(c2)C[C@@H](NCc2ccccn2)C3)c1-c1ccc(C(F)(F)F)cc1. The van der Waals surface area contributed by atoms with E-state index in [2.05, 4.69) is 15.6 Å². The van der Waals surface area contributed by atoms with E-state index in [1.54, 1.807) is 18.3 Å². The molecule has 37 heavy (non-hydrogen) atoms. The molecule has 0 bridgehead atoms. The van der Waals surface area contributed by atoms with Crippen LogP contribution < -0.4 is 10.6 Å². The van der Waals surface area contributed by atoms with Crippen molar-refractivity contribution >= 4 is 11.6 Å². The first-order chi connectivity index (χ1) is 17.8. The molecule has 1 aliphatic carbocycles. The highest BCUT2D eigenvalue weighted by Gasteiger charge is 2.30. The molecule has 3 aromatic carbocycles. The van der Waals surface area contributed by atoms with Crippen molar-refractivity contribution in [2.24, 2.45) is 0 Å². The number of anilines is 1. The molecule has 0 saturated carbocycles. The van der Waals surface area contributed by atoms with Crippen LogP contribution in [0.4, 0.5) is 18.9 Å². The third kappa shape index (κ3) is 5.57. The number of alkyl halides is 3. The number of hydrogen-bond donors (Lipinski definition) is 2. The van der Waals surface area contributed by atoms with Crippen LogP contribution in [0.2, 0.25) is 0 Å². The Kier molecular flexibility index (Phi) is 6.80. The number of aryl methyl sites for hydroxylation is 1. The summed E-state index contributed by atoms with van der Waals surface area (Å²) in [6, 6.07) is 22.3. The average molecular weight is 502 g/mol. The molecule has 5 rings (SSSR count). The number of pyridine rings is 1. The minimum absolute atomic E-state index is 0.297. The topological polar surface area (TPSA) is 54.0 Å². The maximum absolute atomic E-state index is 13.3. The highest BCUT2D eigenvalue weighted by atomic mass is 19.4. The Morgan fingerprint density at radius 3 is 2.46 bits per heavy atom. The van der Waals surface area contributed by atoms with Crippen LogP contribution >= 0.6 is 0 Å². The maximum atomic E-state index is 13.3. The molecule has 1 aromatic heterocycles. The van der Waals surface area contributed by atoms with E-state index in [1.807, 2.05) is 49.4 Å². The van der Waals surface area contributed by atoms with Gasteiger partial charge in [-0.3, -0.25) is 9.78 Å². The molecule has 1 heterocycles. The van der Waals surface area contributed by atoms with Crippen LogP contribution in [0.15, 0.2) is 85.1 Å². The van der Waals surface area contributed by atoms with Gasteiger partial charge in [0.2, 0.25) is 0 Å². The van der Waals surface area contributed by atoms with Gasteiger partial charge in [0.1, 0.15) is 0 Å². The normalized spacial score (nSPS) is 14.9. The molecule has 7 heteroatoms. The Bertz CT molecular complexity index is 1420. The first-order valence-corrected chi connectivity index (χ1v) is 12.1. The summed E-state index contributed by atoms with van der Waals surface area (Å²) in [5, 5.41) is 6.54. The molecule has 1 atom stereocenters. The van der Waals surface area contributed by atoms with Gasteiger partial charge in [-0.05, 0) is 90.0 Å². The third-order valence-corrected chi connectivity index (χ3v) is 6.71. The second-order valence-corrected chi connectivity index (χ2v) is 9.32. The van der Waals surface area contributed by atoms with E-state index < -0.39 is 11.7 Å². The number of benzene rings is 3. The fourth-order valence-electron chi connectivity index (χ4n) is 4.86. The van der Waals surface area contributed by atoms with Crippen molar-refractivity contribution in [1.82, 2.24) is 10.3 Å². The molecular formula is C30H26F3N3O. The van der Waals surface area contributed by atoms with E-state index in [4.69, 9.17) is 0 Å². The van der Waals surface area contributed by atoms with Crippen molar-refractivity contribution in [2.75, 3.05) is 5.32 Å². The number of nitrogens with zero attached hydrogens (tertiary/aromatic N) is 1. The third-order valence-electron chi connectivity index (χ3n) is 6.71. The molecule has 0 aliphatic heterocycles. The maximum Gasteiger partial charge on any atom is 0.416 e. The quantitative estimate of drug-likeness (QED) is 0.314. The summed E-state index contributed by atoms with van der Waals surface area (Å²) in [6.07, 6.45) is -0.864. The Hall–Kier alpha value is -3.97. The van der Waals surface area contributed by atoms with E-state index in [9.17, 15) is 18.0 Å². The van der Waals surface area contributed by atoms with Crippen LogP contribution in [0, 0.1) is 6.92 Å². The van der Waals surface area contributed by atoms with Crippen molar-refractivity contribution < 1.29 is 18.0 Å². The predicted molar refractivity (Wildman–Crippen MR) is 138 cm³/mol. The van der Waals surface area contributed by atoms with Crippen molar-refractivity contribution in [3.63, 3.8) is 0 Å². The zero-order valence-corrected chi connectivity index (χ0v) is 20.3. The lowest BCUT2D eigenvalue weighted by Gasteiger charge is -2.15. The van der Waals surface area contributed by atoms with Gasteiger partial charge in [-0.15, -0.1) is 0 Å². The zero-order chi connectivity index (χ0) is 26.0. The number of amides is 1. The second kappa shape index (κ2) is 10.2. The van der Waals surface area contributed by atoms with Gasteiger partial charge < -0.3 is 10.6 Å². The monoisotopic (exact) mass is 501 g/mol. The zero-order valence-electron chi connectivity index (χ0n) is 20.3. The molecule has 1 aliphatic rings. The minimum atomic E-state index is -4.41. The number of rotatable bonds is 6. The molecule has 1 amide bonds. The summed E-state index contributed by atoms with van der Waals surface area (Å²) in [4.78, 5) is 17.7. The molecule has 0 unspecified atom stereocenters. The van der Waals surface area contributed by atoms with E-state index in [1.165, 1.54) is 23.3 Å². The summed E-state index contributed by atoms with van der Waals surface area (Å²) in [5.41, 5.74) is 5.80. The van der Waals surface area contributed by atoms with Gasteiger partial charge in [-0.1, -0.05) is 36.4 Å². The van der Waals surface area contributed by atoms with E-state index >= 15 is 0 Å². The predicted octanol–water partition coefficient (Wildman–Crippen LogP) is 6.59. The van der Waals surface area contributed by atoms with Crippen molar-refractivity contribution in [3.05, 3.63) is 119 Å². The Balaban J connectivity index is 1.31. The number of carbonyl (C=O) groups excluding carboxylic acids is 1. The second-order valence-electron chi connectivity index (χ2n) is 9.32. The van der Waals surface area contributed by atoms with E-state index in [0.717, 1.165) is 36.2 Å². The Labute approximate surface area is 213 Å². The largest absolute Gasteiger partial charge is 0.416 e. The first-order valence-electron chi connectivity index (χ1n) is 12.1. The van der Waals surface area contributed by atoms with Crippen LogP contribution in [0.5, 0.6) is 0 Å². The fraction of sp³-hybridized carbons (Fsp3) is 0.200. The summed E-state index contributed by atoms with van der Waals surface area (Å²) in [5.74, 6) is -0.304. The lowest BCUT2D eigenvalue weighted by Crippen LogP contribution is -2.29. The van der Waals surface area contributed by atoms with Crippen LogP contribution in [-0.2, 0) is 25.6 Å². The van der Waals surface area contributed by atoms with Gasteiger partial charge in [-0.25, -0.2) is 0 Å². The smallest absolute Gasteiger partial charge is 0.322 e. The van der Waals surface area contributed by atoms with Crippen LogP contribution in [0.1, 0.15) is 38.3 Å². The van der Waals surface area contributed by atoms with Gasteiger partial charge in [-0.2, -0.15) is 13.2 Å². The number of fused-ring (bicyclic) bond motifs is 1. The number of aromatic nitrogens is 1. The Morgan fingerprint density at radius 2 is 1.73 bits per heavy atom. The van der Waals surface area contributed by atoms with Gasteiger partial charge in [0.05, 0.1) is 11.3 Å². The number of carbonyl (C=O) groups is 1. The van der Waals surface area contributed by atoms with Gasteiger partial charge >= 0.3 is 6.18 Å². The molecule has 2 N–H and O–H groups in total. The summed E-state index contributed by atoms with van der Waals surface area (Å²) in [6.45, 7) is 2.54. The summed E-state index contributed by atoms with van der Waals surface area (Å²) < 4.78 is 39.1. The van der Waals surface area contributed by atoms with Crippen molar-refractivity contribution in [1.29, 1.82) is 0 Å². The Morgan fingerprint density at radius 1 is 0.946 bits per heavy atom. The van der Waals surface area contributed by atoms with Crippen molar-refractivity contribution in [3.8, 4) is 11.1 Å². The molecule has 0 radical (unpaired) electrons. The van der Waals surface area contributed by atoms with Gasteiger partial charge in [0.15, 0.2) is 0 Å². The molecule has 188 valence electrons. The molecule has 0 fully saturated rings. The van der Waals surface area contributed by atoms with Crippen molar-refractivity contribution in [2.45, 2.75) is 38.5 Å². The molecule has 4 aromatic rings. The molecule has 0 spiro atoms. The molecule has 0 saturated heterocycles. The van der Waals surface area contributed by atoms with E-state index in [-0.39, 0.29) is 5.91 Å².